The highest BCUT2D eigenvalue weighted by atomic mass is 32.2. The van der Waals surface area contributed by atoms with E-state index in [0.717, 1.165) is 16.9 Å². The number of nitrogens with one attached hydrogen (secondary N) is 2. The van der Waals surface area contributed by atoms with E-state index in [1.165, 1.54) is 4.31 Å². The minimum absolute atomic E-state index is 0.00605. The van der Waals surface area contributed by atoms with Crippen molar-refractivity contribution in [2.45, 2.75) is 44.9 Å². The summed E-state index contributed by atoms with van der Waals surface area (Å²) in [6.45, 7) is 2.61. The van der Waals surface area contributed by atoms with Crippen molar-refractivity contribution in [3.8, 4) is 5.75 Å². The fourth-order valence-electron chi connectivity index (χ4n) is 3.82. The van der Waals surface area contributed by atoms with Gasteiger partial charge in [0.2, 0.25) is 15.9 Å². The van der Waals surface area contributed by atoms with E-state index in [1.54, 1.807) is 7.11 Å². The predicted molar refractivity (Wildman–Crippen MR) is 140 cm³/mol. The molecule has 0 spiro atoms. The van der Waals surface area contributed by atoms with Crippen LogP contribution in [0, 0.1) is 0 Å². The molecule has 0 fully saturated rings. The normalized spacial score (nSPS) is 13.4. The van der Waals surface area contributed by atoms with Gasteiger partial charge in [-0.1, -0.05) is 49.4 Å². The molecule has 0 heterocycles. The Kier molecular flexibility index (Phi) is 12.9. The maximum absolute atomic E-state index is 12.7. The van der Waals surface area contributed by atoms with Gasteiger partial charge in [0, 0.05) is 32.6 Å². The number of sulfonamides is 1. The number of methoxy groups -OCH3 is 1. The molecular weight excluding hydrogens is 482 g/mol. The van der Waals surface area contributed by atoms with Crippen molar-refractivity contribution in [1.29, 1.82) is 0 Å². The van der Waals surface area contributed by atoms with E-state index in [4.69, 9.17) is 9.84 Å². The summed E-state index contributed by atoms with van der Waals surface area (Å²) in [7, 11) is -2.08. The highest BCUT2D eigenvalue weighted by Crippen LogP contribution is 2.13. The SMILES string of the molecule is CCCN(CCO)S(=O)(=O)CCC(=O)N[C@@H](Cc1ccccc1)[C@H](O)CNCc1cccc(OC)c1. The number of rotatable bonds is 17. The molecule has 0 unspecified atom stereocenters. The van der Waals surface area contributed by atoms with Crippen molar-refractivity contribution < 1.29 is 28.2 Å². The second kappa shape index (κ2) is 15.6. The fraction of sp³-hybridized carbons (Fsp3) is 0.500. The van der Waals surface area contributed by atoms with Gasteiger partial charge < -0.3 is 25.6 Å². The molecule has 1 amide bonds. The van der Waals surface area contributed by atoms with Crippen LogP contribution in [-0.2, 0) is 27.8 Å². The zero-order valence-electron chi connectivity index (χ0n) is 21.1. The van der Waals surface area contributed by atoms with E-state index in [-0.39, 0.29) is 31.9 Å². The molecule has 2 aromatic carbocycles. The summed E-state index contributed by atoms with van der Waals surface area (Å²) in [5.41, 5.74) is 1.94. The van der Waals surface area contributed by atoms with E-state index < -0.39 is 28.1 Å². The maximum Gasteiger partial charge on any atom is 0.221 e. The van der Waals surface area contributed by atoms with Crippen LogP contribution in [-0.4, -0.2) is 80.1 Å². The van der Waals surface area contributed by atoms with Gasteiger partial charge in [0.15, 0.2) is 0 Å². The first-order valence-electron chi connectivity index (χ1n) is 12.2. The van der Waals surface area contributed by atoms with Crippen molar-refractivity contribution in [1.82, 2.24) is 14.9 Å². The lowest BCUT2D eigenvalue weighted by Crippen LogP contribution is -2.49. The van der Waals surface area contributed by atoms with Crippen LogP contribution < -0.4 is 15.4 Å². The van der Waals surface area contributed by atoms with Crippen molar-refractivity contribution in [2.24, 2.45) is 0 Å². The van der Waals surface area contributed by atoms with Crippen LogP contribution in [0.15, 0.2) is 54.6 Å². The molecule has 2 aromatic rings. The second-order valence-electron chi connectivity index (χ2n) is 8.60. The first kappa shape index (κ1) is 29.7. The van der Waals surface area contributed by atoms with Crippen molar-refractivity contribution in [3.05, 3.63) is 65.7 Å². The van der Waals surface area contributed by atoms with Crippen LogP contribution in [0.3, 0.4) is 0 Å². The summed E-state index contributed by atoms with van der Waals surface area (Å²) < 4.78 is 31.7. The van der Waals surface area contributed by atoms with Crippen LogP contribution in [0.25, 0.3) is 0 Å². The molecule has 0 radical (unpaired) electrons. The molecule has 0 aliphatic heterocycles. The highest BCUT2D eigenvalue weighted by molar-refractivity contribution is 7.89. The summed E-state index contributed by atoms with van der Waals surface area (Å²) >= 11 is 0. The molecule has 0 aromatic heterocycles. The minimum Gasteiger partial charge on any atom is -0.497 e. The molecular formula is C26H39N3O6S. The number of hydrogen-bond donors (Lipinski definition) is 4. The third-order valence-corrected chi connectivity index (χ3v) is 7.60. The lowest BCUT2D eigenvalue weighted by molar-refractivity contribution is -0.122. The molecule has 2 rings (SSSR count). The zero-order chi connectivity index (χ0) is 26.4. The zero-order valence-corrected chi connectivity index (χ0v) is 21.9. The Balaban J connectivity index is 1.99. The van der Waals surface area contributed by atoms with E-state index in [2.05, 4.69) is 10.6 Å². The summed E-state index contributed by atoms with van der Waals surface area (Å²) in [5, 5.41) is 26.1. The molecule has 0 saturated carbocycles. The summed E-state index contributed by atoms with van der Waals surface area (Å²) in [6, 6.07) is 16.5. The van der Waals surface area contributed by atoms with Gasteiger partial charge in [0.1, 0.15) is 5.75 Å². The number of aliphatic hydroxyl groups excluding tert-OH is 2. The molecule has 2 atom stereocenters. The largest absolute Gasteiger partial charge is 0.497 e. The predicted octanol–water partition coefficient (Wildman–Crippen LogP) is 1.30. The van der Waals surface area contributed by atoms with Crippen molar-refractivity contribution in [3.63, 3.8) is 0 Å². The Morgan fingerprint density at radius 3 is 2.47 bits per heavy atom. The molecule has 200 valence electrons. The molecule has 0 aliphatic rings. The Labute approximate surface area is 214 Å². The van der Waals surface area contributed by atoms with Gasteiger partial charge in [0.25, 0.3) is 0 Å². The Hall–Kier alpha value is -2.50. The van der Waals surface area contributed by atoms with Gasteiger partial charge in [-0.05, 0) is 36.1 Å². The smallest absolute Gasteiger partial charge is 0.221 e. The summed E-state index contributed by atoms with van der Waals surface area (Å²) in [5.74, 6) is -0.0662. The molecule has 0 saturated heterocycles. The number of carbonyl (C=O) groups is 1. The van der Waals surface area contributed by atoms with E-state index in [9.17, 15) is 18.3 Å². The monoisotopic (exact) mass is 521 g/mol. The van der Waals surface area contributed by atoms with Crippen LogP contribution in [0.5, 0.6) is 5.75 Å². The summed E-state index contributed by atoms with van der Waals surface area (Å²) in [4.78, 5) is 12.7. The third-order valence-electron chi connectivity index (χ3n) is 5.73. The fourth-order valence-corrected chi connectivity index (χ4v) is 5.34. The molecule has 0 bridgehead atoms. The van der Waals surface area contributed by atoms with Gasteiger partial charge in [-0.25, -0.2) is 8.42 Å². The average Bonchev–Trinajstić information content (AvgIpc) is 2.87. The first-order chi connectivity index (χ1) is 17.3. The highest BCUT2D eigenvalue weighted by Gasteiger charge is 2.25. The van der Waals surface area contributed by atoms with Crippen molar-refractivity contribution >= 4 is 15.9 Å². The molecule has 0 aliphatic carbocycles. The quantitative estimate of drug-likeness (QED) is 0.247. The maximum atomic E-state index is 12.7. The number of ether oxygens (including phenoxy) is 1. The van der Waals surface area contributed by atoms with Crippen LogP contribution in [0.2, 0.25) is 0 Å². The average molecular weight is 522 g/mol. The van der Waals surface area contributed by atoms with E-state index in [0.29, 0.717) is 25.9 Å². The van der Waals surface area contributed by atoms with Gasteiger partial charge in [-0.3, -0.25) is 4.79 Å². The number of benzene rings is 2. The molecule has 9 nitrogen and oxygen atoms in total. The van der Waals surface area contributed by atoms with E-state index in [1.807, 2.05) is 61.5 Å². The number of nitrogens with zero attached hydrogens (tertiary/aromatic N) is 1. The first-order valence-corrected chi connectivity index (χ1v) is 13.8. The topological polar surface area (TPSA) is 128 Å². The summed E-state index contributed by atoms with van der Waals surface area (Å²) in [6.07, 6.45) is -0.126. The van der Waals surface area contributed by atoms with Crippen LogP contribution in [0.1, 0.15) is 30.9 Å². The number of aliphatic hydroxyl groups is 2. The van der Waals surface area contributed by atoms with Gasteiger partial charge >= 0.3 is 0 Å². The van der Waals surface area contributed by atoms with Crippen LogP contribution >= 0.6 is 0 Å². The Bertz CT molecular complexity index is 1010. The molecule has 36 heavy (non-hydrogen) atoms. The number of hydrogen-bond acceptors (Lipinski definition) is 7. The number of carbonyl (C=O) groups excluding carboxylic acids is 1. The van der Waals surface area contributed by atoms with Gasteiger partial charge in [-0.2, -0.15) is 4.31 Å². The molecule has 4 N–H and O–H groups in total. The Morgan fingerprint density at radius 2 is 1.81 bits per heavy atom. The third kappa shape index (κ3) is 10.2. The van der Waals surface area contributed by atoms with E-state index >= 15 is 0 Å². The number of amides is 1. The lowest BCUT2D eigenvalue weighted by Gasteiger charge is -2.25. The second-order valence-corrected chi connectivity index (χ2v) is 10.7. The van der Waals surface area contributed by atoms with Crippen molar-refractivity contribution in [2.75, 3.05) is 39.1 Å². The lowest BCUT2D eigenvalue weighted by atomic mass is 10.0. The van der Waals surface area contributed by atoms with Gasteiger partial charge in [0.05, 0.1) is 31.6 Å². The minimum atomic E-state index is -3.68. The van der Waals surface area contributed by atoms with Gasteiger partial charge in [-0.15, -0.1) is 0 Å². The van der Waals surface area contributed by atoms with Crippen LogP contribution in [0.4, 0.5) is 0 Å². The molecule has 10 heteroatoms. The Morgan fingerprint density at radius 1 is 1.08 bits per heavy atom. The standard InChI is InChI=1S/C26H39N3O6S/c1-3-13-29(14-15-30)36(33,34)16-12-26(32)28-24(18-21-8-5-4-6-9-21)25(31)20-27-19-22-10-7-11-23(17-22)35-2/h4-11,17,24-25,27,30-31H,3,12-16,18-20H2,1-2H3,(H,28,32)/t24-,25+/m0/s1.